The fraction of sp³-hybridized carbons (Fsp3) is 0.375. The first-order chi connectivity index (χ1) is 15.2. The van der Waals surface area contributed by atoms with Gasteiger partial charge in [-0.2, -0.15) is 0 Å². The molecule has 1 heterocycles. The van der Waals surface area contributed by atoms with Crippen LogP contribution in [0.2, 0.25) is 0 Å². The number of carbonyl (C=O) groups is 3. The Labute approximate surface area is 192 Å². The maximum atomic E-state index is 12.8. The van der Waals surface area contributed by atoms with E-state index in [0.29, 0.717) is 5.56 Å². The zero-order valence-electron chi connectivity index (χ0n) is 18.6. The Morgan fingerprint density at radius 1 is 1.09 bits per heavy atom. The Kier molecular flexibility index (Phi) is 7.13. The van der Waals surface area contributed by atoms with Crippen molar-refractivity contribution in [2.45, 2.75) is 44.2 Å². The molecule has 0 bridgehead atoms. The average Bonchev–Trinajstić information content (AvgIpc) is 3.04. The van der Waals surface area contributed by atoms with Crippen molar-refractivity contribution in [2.24, 2.45) is 0 Å². The van der Waals surface area contributed by atoms with E-state index in [4.69, 9.17) is 9.47 Å². The Morgan fingerprint density at radius 3 is 2.41 bits per heavy atom. The van der Waals surface area contributed by atoms with Crippen LogP contribution in [0.15, 0.2) is 54.6 Å². The molecule has 170 valence electrons. The number of thioether (sulfide) groups is 1. The quantitative estimate of drug-likeness (QED) is 0.615. The Hall–Kier alpha value is -3.00. The van der Waals surface area contributed by atoms with Crippen molar-refractivity contribution >= 4 is 29.7 Å². The molecule has 0 aliphatic carbocycles. The highest BCUT2D eigenvalue weighted by atomic mass is 32.2. The second-order valence-corrected chi connectivity index (χ2v) is 9.54. The second kappa shape index (κ2) is 9.65. The molecule has 0 radical (unpaired) electrons. The van der Waals surface area contributed by atoms with Gasteiger partial charge in [0.25, 0.3) is 5.91 Å². The van der Waals surface area contributed by atoms with E-state index in [-0.39, 0.29) is 18.3 Å². The van der Waals surface area contributed by atoms with Gasteiger partial charge >= 0.3 is 12.1 Å². The lowest BCUT2D eigenvalue weighted by molar-refractivity contribution is -0.145. The van der Waals surface area contributed by atoms with Crippen LogP contribution in [0.25, 0.3) is 0 Å². The van der Waals surface area contributed by atoms with Gasteiger partial charge in [-0.25, -0.2) is 9.59 Å². The number of carbonyl (C=O) groups excluding carboxylic acids is 3. The highest BCUT2D eigenvalue weighted by Gasteiger charge is 2.45. The maximum Gasteiger partial charge on any atom is 0.408 e. The summed E-state index contributed by atoms with van der Waals surface area (Å²) in [6.45, 7) is 7.12. The molecule has 1 aliphatic heterocycles. The largest absolute Gasteiger partial charge is 0.464 e. The third-order valence-electron chi connectivity index (χ3n) is 4.75. The average molecular weight is 457 g/mol. The SMILES string of the molecule is CCOC(=O)[C@H](CS[C@@]1(c2ccccc2)NC(=O)c2ccccc21)NC(=O)OC(C)(C)C. The molecule has 7 nitrogen and oxygen atoms in total. The molecule has 2 aromatic rings. The van der Waals surface area contributed by atoms with Crippen LogP contribution in [0.1, 0.15) is 49.2 Å². The number of hydrogen-bond acceptors (Lipinski definition) is 6. The molecule has 3 rings (SSSR count). The van der Waals surface area contributed by atoms with Crippen LogP contribution in [0, 0.1) is 0 Å². The van der Waals surface area contributed by atoms with E-state index < -0.39 is 28.6 Å². The molecule has 0 fully saturated rings. The van der Waals surface area contributed by atoms with Gasteiger partial charge in [0.15, 0.2) is 0 Å². The zero-order valence-corrected chi connectivity index (χ0v) is 19.5. The van der Waals surface area contributed by atoms with Crippen LogP contribution in [0.5, 0.6) is 0 Å². The molecule has 2 amide bonds. The van der Waals surface area contributed by atoms with Crippen molar-refractivity contribution < 1.29 is 23.9 Å². The molecule has 2 atom stereocenters. The predicted octanol–water partition coefficient (Wildman–Crippen LogP) is 3.82. The lowest BCUT2D eigenvalue weighted by Gasteiger charge is -2.32. The van der Waals surface area contributed by atoms with Gasteiger partial charge in [-0.1, -0.05) is 48.5 Å². The topological polar surface area (TPSA) is 93.7 Å². The van der Waals surface area contributed by atoms with Gasteiger partial charge in [0.2, 0.25) is 0 Å². The number of hydrogen-bond donors (Lipinski definition) is 2. The second-order valence-electron chi connectivity index (χ2n) is 8.31. The fourth-order valence-electron chi connectivity index (χ4n) is 3.45. The van der Waals surface area contributed by atoms with Crippen molar-refractivity contribution in [3.8, 4) is 0 Å². The van der Waals surface area contributed by atoms with Gasteiger partial charge in [0.1, 0.15) is 16.5 Å². The first kappa shape index (κ1) is 23.7. The smallest absolute Gasteiger partial charge is 0.408 e. The van der Waals surface area contributed by atoms with Gasteiger partial charge in [0, 0.05) is 16.9 Å². The number of alkyl carbamates (subject to hydrolysis) is 1. The monoisotopic (exact) mass is 456 g/mol. The summed E-state index contributed by atoms with van der Waals surface area (Å²) in [7, 11) is 0. The Balaban J connectivity index is 1.91. The number of nitrogens with one attached hydrogen (secondary N) is 2. The molecule has 0 spiro atoms. The number of rotatable bonds is 7. The van der Waals surface area contributed by atoms with Gasteiger partial charge in [-0.15, -0.1) is 11.8 Å². The molecule has 32 heavy (non-hydrogen) atoms. The molecular weight excluding hydrogens is 428 g/mol. The highest BCUT2D eigenvalue weighted by molar-refractivity contribution is 8.00. The van der Waals surface area contributed by atoms with E-state index in [0.717, 1.165) is 11.1 Å². The fourth-order valence-corrected chi connectivity index (χ4v) is 4.89. The van der Waals surface area contributed by atoms with Crippen molar-refractivity contribution in [1.82, 2.24) is 10.6 Å². The molecule has 1 aliphatic rings. The summed E-state index contributed by atoms with van der Waals surface area (Å²) in [6, 6.07) is 15.9. The van der Waals surface area contributed by atoms with Crippen LogP contribution < -0.4 is 10.6 Å². The van der Waals surface area contributed by atoms with E-state index in [1.807, 2.05) is 48.5 Å². The summed E-state index contributed by atoms with van der Waals surface area (Å²) in [5.41, 5.74) is 1.54. The minimum absolute atomic E-state index is 0.154. The standard InChI is InChI=1S/C24H28N2O5S/c1-5-30-21(28)19(25-22(29)31-23(2,3)4)15-32-24(16-11-7-6-8-12-16)18-14-10-9-13-17(18)20(27)26-24/h6-14,19H,5,15H2,1-4H3,(H,25,29)(H,26,27)/t19-,24+/m0/s1. The third-order valence-corrected chi connectivity index (χ3v) is 6.24. The Bertz CT molecular complexity index is 989. The normalized spacial score (nSPS) is 18.3. The molecule has 2 N–H and O–H groups in total. The molecule has 2 aromatic carbocycles. The van der Waals surface area contributed by atoms with Gasteiger partial charge in [-0.05, 0) is 39.3 Å². The number of benzene rings is 2. The summed E-state index contributed by atoms with van der Waals surface area (Å²) >= 11 is 1.35. The molecular formula is C24H28N2O5S. The number of fused-ring (bicyclic) bond motifs is 1. The lowest BCUT2D eigenvalue weighted by atomic mass is 9.98. The van der Waals surface area contributed by atoms with Gasteiger partial charge in [0.05, 0.1) is 6.61 Å². The van der Waals surface area contributed by atoms with Crippen LogP contribution in [0.3, 0.4) is 0 Å². The molecule has 0 aromatic heterocycles. The van der Waals surface area contributed by atoms with Crippen molar-refractivity contribution in [3.05, 3.63) is 71.3 Å². The molecule has 0 saturated carbocycles. The minimum Gasteiger partial charge on any atom is -0.464 e. The number of amides is 2. The summed E-state index contributed by atoms with van der Waals surface area (Å²) in [5, 5.41) is 5.71. The maximum absolute atomic E-state index is 12.8. The Morgan fingerprint density at radius 2 is 1.75 bits per heavy atom. The zero-order chi connectivity index (χ0) is 23.4. The van der Waals surface area contributed by atoms with Crippen LogP contribution in [-0.2, 0) is 19.1 Å². The summed E-state index contributed by atoms with van der Waals surface area (Å²) in [6.07, 6.45) is -0.708. The van der Waals surface area contributed by atoms with E-state index in [2.05, 4.69) is 10.6 Å². The lowest BCUT2D eigenvalue weighted by Crippen LogP contribution is -2.47. The first-order valence-electron chi connectivity index (χ1n) is 10.4. The van der Waals surface area contributed by atoms with Crippen LogP contribution in [-0.4, -0.2) is 42.0 Å². The van der Waals surface area contributed by atoms with E-state index in [1.54, 1.807) is 33.8 Å². The summed E-state index contributed by atoms with van der Waals surface area (Å²) < 4.78 is 10.5. The highest BCUT2D eigenvalue weighted by Crippen LogP contribution is 2.45. The molecule has 0 unspecified atom stereocenters. The number of ether oxygens (including phenoxy) is 2. The first-order valence-corrected chi connectivity index (χ1v) is 11.4. The van der Waals surface area contributed by atoms with Gasteiger partial charge < -0.3 is 20.1 Å². The third kappa shape index (κ3) is 5.24. The van der Waals surface area contributed by atoms with Crippen molar-refractivity contribution in [3.63, 3.8) is 0 Å². The van der Waals surface area contributed by atoms with E-state index in [1.165, 1.54) is 11.8 Å². The summed E-state index contributed by atoms with van der Waals surface area (Å²) in [4.78, 5) is 36.8. The van der Waals surface area contributed by atoms with Crippen LogP contribution in [0.4, 0.5) is 4.79 Å². The summed E-state index contributed by atoms with van der Waals surface area (Å²) in [5.74, 6) is -0.599. The predicted molar refractivity (Wildman–Crippen MR) is 123 cm³/mol. The number of esters is 1. The van der Waals surface area contributed by atoms with Crippen molar-refractivity contribution in [1.29, 1.82) is 0 Å². The van der Waals surface area contributed by atoms with Crippen molar-refractivity contribution in [2.75, 3.05) is 12.4 Å². The van der Waals surface area contributed by atoms with Crippen LogP contribution >= 0.6 is 11.8 Å². The van der Waals surface area contributed by atoms with E-state index in [9.17, 15) is 14.4 Å². The van der Waals surface area contributed by atoms with E-state index >= 15 is 0 Å². The van der Waals surface area contributed by atoms with Gasteiger partial charge in [-0.3, -0.25) is 4.79 Å². The minimum atomic E-state index is -0.958. The molecule has 0 saturated heterocycles. The molecule has 8 heteroatoms.